The van der Waals surface area contributed by atoms with E-state index >= 15 is 0 Å². The highest BCUT2D eigenvalue weighted by molar-refractivity contribution is 5.83. The quantitative estimate of drug-likeness (QED) is 0.738. The van der Waals surface area contributed by atoms with E-state index < -0.39 is 0 Å². The van der Waals surface area contributed by atoms with Crippen molar-refractivity contribution in [2.45, 2.75) is 33.4 Å². The molecule has 0 radical (unpaired) electrons. The summed E-state index contributed by atoms with van der Waals surface area (Å²) >= 11 is 0. The fourth-order valence-electron chi connectivity index (χ4n) is 2.59. The van der Waals surface area contributed by atoms with Crippen LogP contribution < -0.4 is 0 Å². The second-order valence-corrected chi connectivity index (χ2v) is 5.70. The van der Waals surface area contributed by atoms with Crippen LogP contribution in [0.4, 0.5) is 0 Å². The second kappa shape index (κ2) is 5.85. The van der Waals surface area contributed by atoms with Crippen molar-refractivity contribution in [3.8, 4) is 0 Å². The Kier molecular flexibility index (Phi) is 3.90. The minimum atomic E-state index is 0.0625. The molecule has 1 aromatic carbocycles. The number of pyridine rings is 1. The smallest absolute Gasteiger partial charge is 0.243 e. The highest BCUT2D eigenvalue weighted by Crippen LogP contribution is 2.25. The zero-order chi connectivity index (χ0) is 15.7. The van der Waals surface area contributed by atoms with Gasteiger partial charge in [-0.25, -0.2) is 0 Å². The maximum absolute atomic E-state index is 5.29. The monoisotopic (exact) mass is 296 g/mol. The standard InChI is InChI=1S/C17H20N4O/c1-11-7-8-16-14(6-5-9-18-16)15(11)10-21(4)12(2)17-19-13(3)20-22-17/h5-9,12H,10H2,1-4H3. The van der Waals surface area contributed by atoms with Crippen LogP contribution in [0, 0.1) is 13.8 Å². The van der Waals surface area contributed by atoms with Gasteiger partial charge in [0.15, 0.2) is 5.82 Å². The van der Waals surface area contributed by atoms with E-state index in [1.165, 1.54) is 16.5 Å². The summed E-state index contributed by atoms with van der Waals surface area (Å²) in [7, 11) is 2.07. The summed E-state index contributed by atoms with van der Waals surface area (Å²) in [6.45, 7) is 6.85. The summed E-state index contributed by atoms with van der Waals surface area (Å²) in [6.07, 6.45) is 1.83. The van der Waals surface area contributed by atoms with Gasteiger partial charge in [0.1, 0.15) is 0 Å². The molecule has 0 bridgehead atoms. The summed E-state index contributed by atoms with van der Waals surface area (Å²) in [6, 6.07) is 8.36. The van der Waals surface area contributed by atoms with Gasteiger partial charge in [0.25, 0.3) is 0 Å². The van der Waals surface area contributed by atoms with E-state index in [-0.39, 0.29) is 6.04 Å². The predicted octanol–water partition coefficient (Wildman–Crippen LogP) is 3.43. The van der Waals surface area contributed by atoms with Crippen LogP contribution in [0.5, 0.6) is 0 Å². The van der Waals surface area contributed by atoms with E-state index in [1.54, 1.807) is 0 Å². The molecule has 3 rings (SSSR count). The van der Waals surface area contributed by atoms with Crippen molar-refractivity contribution in [3.63, 3.8) is 0 Å². The van der Waals surface area contributed by atoms with Gasteiger partial charge in [-0.15, -0.1) is 0 Å². The fraction of sp³-hybridized carbons (Fsp3) is 0.353. The molecule has 5 heteroatoms. The number of fused-ring (bicyclic) bond motifs is 1. The van der Waals surface area contributed by atoms with E-state index in [1.807, 2.05) is 19.2 Å². The first-order chi connectivity index (χ1) is 10.6. The molecule has 114 valence electrons. The molecule has 22 heavy (non-hydrogen) atoms. The lowest BCUT2D eigenvalue weighted by molar-refractivity contribution is 0.203. The number of benzene rings is 1. The molecule has 0 aliphatic carbocycles. The van der Waals surface area contributed by atoms with E-state index in [9.17, 15) is 0 Å². The van der Waals surface area contributed by atoms with Crippen LogP contribution in [0.3, 0.4) is 0 Å². The molecule has 0 spiro atoms. The molecule has 2 heterocycles. The number of aromatic nitrogens is 3. The van der Waals surface area contributed by atoms with E-state index in [0.29, 0.717) is 11.7 Å². The first-order valence-corrected chi connectivity index (χ1v) is 7.40. The summed E-state index contributed by atoms with van der Waals surface area (Å²) in [5.41, 5.74) is 3.58. The zero-order valence-electron chi connectivity index (χ0n) is 13.4. The topological polar surface area (TPSA) is 55.1 Å². The van der Waals surface area contributed by atoms with Gasteiger partial charge >= 0.3 is 0 Å². The Bertz CT molecular complexity index is 796. The Morgan fingerprint density at radius 2 is 2.05 bits per heavy atom. The van der Waals surface area contributed by atoms with Gasteiger partial charge in [-0.1, -0.05) is 17.3 Å². The third-order valence-electron chi connectivity index (χ3n) is 4.10. The maximum atomic E-state index is 5.29. The molecule has 3 aromatic rings. The Hall–Kier alpha value is -2.27. The maximum Gasteiger partial charge on any atom is 0.243 e. The molecule has 5 nitrogen and oxygen atoms in total. The lowest BCUT2D eigenvalue weighted by atomic mass is 10.0. The fourth-order valence-corrected chi connectivity index (χ4v) is 2.59. The number of hydrogen-bond acceptors (Lipinski definition) is 5. The normalized spacial score (nSPS) is 13.0. The number of rotatable bonds is 4. The molecule has 1 atom stereocenters. The molecule has 0 fully saturated rings. The molecule has 0 aliphatic rings. The first kappa shape index (κ1) is 14.7. The molecule has 0 N–H and O–H groups in total. The van der Waals surface area contributed by atoms with Gasteiger partial charge in [0, 0.05) is 18.1 Å². The van der Waals surface area contributed by atoms with Gasteiger partial charge in [-0.05, 0) is 51.1 Å². The summed E-state index contributed by atoms with van der Waals surface area (Å²) in [5, 5.41) is 5.07. The number of hydrogen-bond donors (Lipinski definition) is 0. The average molecular weight is 296 g/mol. The van der Waals surface area contributed by atoms with Gasteiger partial charge < -0.3 is 4.52 Å². The van der Waals surface area contributed by atoms with Gasteiger partial charge in [-0.2, -0.15) is 4.98 Å². The third-order valence-corrected chi connectivity index (χ3v) is 4.10. The molecular weight excluding hydrogens is 276 g/mol. The largest absolute Gasteiger partial charge is 0.338 e. The Balaban J connectivity index is 1.91. The second-order valence-electron chi connectivity index (χ2n) is 5.70. The van der Waals surface area contributed by atoms with Crippen LogP contribution >= 0.6 is 0 Å². The lowest BCUT2D eigenvalue weighted by Crippen LogP contribution is -2.22. The van der Waals surface area contributed by atoms with Crippen molar-refractivity contribution < 1.29 is 4.52 Å². The van der Waals surface area contributed by atoms with Crippen LogP contribution in [-0.2, 0) is 6.54 Å². The van der Waals surface area contributed by atoms with Gasteiger partial charge in [0.2, 0.25) is 5.89 Å². The van der Waals surface area contributed by atoms with E-state index in [2.05, 4.69) is 59.1 Å². The number of nitrogens with zero attached hydrogens (tertiary/aromatic N) is 4. The highest BCUT2D eigenvalue weighted by atomic mass is 16.5. The van der Waals surface area contributed by atoms with Crippen LogP contribution in [-0.4, -0.2) is 27.1 Å². The average Bonchev–Trinajstić information content (AvgIpc) is 2.95. The minimum absolute atomic E-state index is 0.0625. The Morgan fingerprint density at radius 1 is 1.23 bits per heavy atom. The first-order valence-electron chi connectivity index (χ1n) is 7.40. The zero-order valence-corrected chi connectivity index (χ0v) is 13.4. The summed E-state index contributed by atoms with van der Waals surface area (Å²) < 4.78 is 5.29. The molecule has 0 saturated carbocycles. The predicted molar refractivity (Wildman–Crippen MR) is 85.4 cm³/mol. The molecular formula is C17H20N4O. The van der Waals surface area contributed by atoms with Gasteiger partial charge in [-0.3, -0.25) is 9.88 Å². The minimum Gasteiger partial charge on any atom is -0.338 e. The SMILES string of the molecule is Cc1noc(C(C)N(C)Cc2c(C)ccc3ncccc23)n1. The molecule has 0 saturated heterocycles. The van der Waals surface area contributed by atoms with Crippen molar-refractivity contribution in [2.24, 2.45) is 0 Å². The van der Waals surface area contributed by atoms with E-state index in [0.717, 1.165) is 12.1 Å². The van der Waals surface area contributed by atoms with Crippen LogP contribution in [0.2, 0.25) is 0 Å². The molecule has 0 aliphatic heterocycles. The van der Waals surface area contributed by atoms with Crippen molar-refractivity contribution >= 4 is 10.9 Å². The third kappa shape index (κ3) is 2.72. The molecule has 1 unspecified atom stereocenters. The van der Waals surface area contributed by atoms with Crippen molar-refractivity contribution in [2.75, 3.05) is 7.05 Å². The van der Waals surface area contributed by atoms with Crippen molar-refractivity contribution in [3.05, 3.63) is 53.3 Å². The lowest BCUT2D eigenvalue weighted by Gasteiger charge is -2.23. The summed E-state index contributed by atoms with van der Waals surface area (Å²) in [4.78, 5) is 11.0. The van der Waals surface area contributed by atoms with Crippen LogP contribution in [0.15, 0.2) is 35.0 Å². The Morgan fingerprint density at radius 3 is 2.77 bits per heavy atom. The van der Waals surface area contributed by atoms with E-state index in [4.69, 9.17) is 4.52 Å². The Labute approximate surface area is 130 Å². The summed E-state index contributed by atoms with van der Waals surface area (Å²) in [5.74, 6) is 1.32. The molecule has 2 aromatic heterocycles. The highest BCUT2D eigenvalue weighted by Gasteiger charge is 2.19. The van der Waals surface area contributed by atoms with Crippen LogP contribution in [0.1, 0.15) is 35.8 Å². The van der Waals surface area contributed by atoms with Gasteiger partial charge in [0.05, 0.1) is 11.6 Å². The number of aryl methyl sites for hydroxylation is 2. The van der Waals surface area contributed by atoms with Crippen molar-refractivity contribution in [1.82, 2.24) is 20.0 Å². The molecule has 0 amide bonds. The van der Waals surface area contributed by atoms with Crippen LogP contribution in [0.25, 0.3) is 10.9 Å². The van der Waals surface area contributed by atoms with Crippen molar-refractivity contribution in [1.29, 1.82) is 0 Å².